The van der Waals surface area contributed by atoms with Crippen molar-refractivity contribution in [2.24, 2.45) is 0 Å². The van der Waals surface area contributed by atoms with Crippen LogP contribution in [0.2, 0.25) is 0 Å². The molecular weight excluding hydrogens is 460 g/mol. The smallest absolute Gasteiger partial charge is 0.0411 e. The van der Waals surface area contributed by atoms with Crippen molar-refractivity contribution in [3.05, 3.63) is 95.5 Å². The first kappa shape index (κ1) is 38.2. The molecular formula is C33H56S2. The van der Waals surface area contributed by atoms with Crippen LogP contribution in [-0.2, 0) is 0 Å². The van der Waals surface area contributed by atoms with Gasteiger partial charge in [-0.25, -0.2) is 0 Å². The van der Waals surface area contributed by atoms with E-state index < -0.39 is 0 Å². The lowest BCUT2D eigenvalue weighted by atomic mass is 9.87. The first-order valence-electron chi connectivity index (χ1n) is 13.2. The molecule has 0 radical (unpaired) electrons. The van der Waals surface area contributed by atoms with E-state index in [4.69, 9.17) is 0 Å². The molecule has 1 aromatic rings. The van der Waals surface area contributed by atoms with Crippen molar-refractivity contribution in [3.63, 3.8) is 0 Å². The lowest BCUT2D eigenvalue weighted by Crippen LogP contribution is -2.22. The van der Waals surface area contributed by atoms with Gasteiger partial charge in [0.25, 0.3) is 0 Å². The molecule has 35 heavy (non-hydrogen) atoms. The van der Waals surface area contributed by atoms with Gasteiger partial charge in [0, 0.05) is 15.7 Å². The Morgan fingerprint density at radius 3 is 1.77 bits per heavy atom. The molecule has 2 rings (SSSR count). The second-order valence-corrected chi connectivity index (χ2v) is 11.3. The molecule has 1 aliphatic rings. The fourth-order valence-electron chi connectivity index (χ4n) is 3.21. The van der Waals surface area contributed by atoms with Gasteiger partial charge in [0.05, 0.1) is 0 Å². The summed E-state index contributed by atoms with van der Waals surface area (Å²) in [5.41, 5.74) is 6.60. The summed E-state index contributed by atoms with van der Waals surface area (Å²) < 4.78 is 0.333. The predicted molar refractivity (Wildman–Crippen MR) is 173 cm³/mol. The van der Waals surface area contributed by atoms with Crippen molar-refractivity contribution >= 4 is 23.5 Å². The highest BCUT2D eigenvalue weighted by Gasteiger charge is 2.38. The second-order valence-electron chi connectivity index (χ2n) is 8.27. The van der Waals surface area contributed by atoms with Crippen LogP contribution in [0.15, 0.2) is 84.4 Å². The molecule has 0 spiro atoms. The van der Waals surface area contributed by atoms with Crippen LogP contribution >= 0.6 is 23.5 Å². The van der Waals surface area contributed by atoms with Gasteiger partial charge < -0.3 is 0 Å². The Balaban J connectivity index is -0.000000426. The Labute approximate surface area is 229 Å². The molecule has 1 saturated heterocycles. The van der Waals surface area contributed by atoms with Gasteiger partial charge in [-0.2, -0.15) is 0 Å². The molecule has 1 aromatic carbocycles. The van der Waals surface area contributed by atoms with Gasteiger partial charge >= 0.3 is 0 Å². The number of thioether (sulfide) groups is 2. The Bertz CT molecular complexity index is 731. The van der Waals surface area contributed by atoms with E-state index >= 15 is 0 Å². The summed E-state index contributed by atoms with van der Waals surface area (Å²) in [6, 6.07) is 8.48. The van der Waals surface area contributed by atoms with Crippen LogP contribution in [0.25, 0.3) is 0 Å². The summed E-state index contributed by atoms with van der Waals surface area (Å²) >= 11 is 3.82. The molecule has 0 bridgehead atoms. The molecule has 2 unspecified atom stereocenters. The van der Waals surface area contributed by atoms with E-state index in [1.54, 1.807) is 11.8 Å². The van der Waals surface area contributed by atoms with Crippen LogP contribution in [0, 0.1) is 13.8 Å². The fourth-order valence-corrected chi connectivity index (χ4v) is 5.54. The maximum atomic E-state index is 4.14. The van der Waals surface area contributed by atoms with Crippen molar-refractivity contribution in [1.29, 1.82) is 0 Å². The highest BCUT2D eigenvalue weighted by Crippen LogP contribution is 2.50. The summed E-state index contributed by atoms with van der Waals surface area (Å²) in [6.07, 6.45) is 7.74. The van der Waals surface area contributed by atoms with Crippen LogP contribution in [0.4, 0.5) is 0 Å². The van der Waals surface area contributed by atoms with Crippen LogP contribution in [0.1, 0.15) is 92.7 Å². The van der Waals surface area contributed by atoms with Crippen LogP contribution in [0.3, 0.4) is 0 Å². The summed E-state index contributed by atoms with van der Waals surface area (Å²) in [5.74, 6) is 1.09. The molecule has 2 atom stereocenters. The predicted octanol–water partition coefficient (Wildman–Crippen LogP) is 11.9. The molecule has 0 saturated carbocycles. The lowest BCUT2D eigenvalue weighted by molar-refractivity contribution is 0.597. The van der Waals surface area contributed by atoms with Crippen molar-refractivity contribution in [3.8, 4) is 0 Å². The van der Waals surface area contributed by atoms with Gasteiger partial charge in [0.15, 0.2) is 0 Å². The van der Waals surface area contributed by atoms with Crippen molar-refractivity contribution in [2.45, 2.75) is 105 Å². The molecule has 1 fully saturated rings. The zero-order chi connectivity index (χ0) is 28.0. The van der Waals surface area contributed by atoms with Gasteiger partial charge in [-0.05, 0) is 63.5 Å². The number of hydrogen-bond donors (Lipinski definition) is 0. The van der Waals surface area contributed by atoms with E-state index in [0.717, 1.165) is 10.7 Å². The summed E-state index contributed by atoms with van der Waals surface area (Å²) in [4.78, 5) is 1.16. The largest absolute Gasteiger partial charge is 0.146 e. The second kappa shape index (κ2) is 23.0. The normalized spacial score (nSPS) is 17.7. The fraction of sp³-hybridized carbons (Fsp3) is 0.515. The van der Waals surface area contributed by atoms with Gasteiger partial charge in [-0.3, -0.25) is 0 Å². The number of rotatable bonds is 7. The highest BCUT2D eigenvalue weighted by atomic mass is 32.2. The standard InChI is InChI=1S/C13H20S.C8H14S.C8H10.2C2H6/c1-5-8-12-11(4)10-14-13(12,7-3)9-6-2;1-6(2)8(5)9-7(3)4;1-7-3-5-8(2)6-4-7;2*1-2/h5,8H,1,4,6-7,9-10H2,2-3H3;8H,1,3H2,2,4-5H3;3-6H,1-2H3;2*1-2H3/b12-8+;;;;. The summed E-state index contributed by atoms with van der Waals surface area (Å²) in [6.45, 7) is 38.5. The van der Waals surface area contributed by atoms with Crippen LogP contribution < -0.4 is 0 Å². The van der Waals surface area contributed by atoms with Gasteiger partial charge in [0.2, 0.25) is 0 Å². The van der Waals surface area contributed by atoms with Crippen molar-refractivity contribution in [1.82, 2.24) is 0 Å². The molecule has 200 valence electrons. The minimum Gasteiger partial charge on any atom is -0.146 e. The average Bonchev–Trinajstić information content (AvgIpc) is 3.15. The Morgan fingerprint density at radius 2 is 1.49 bits per heavy atom. The first-order valence-corrected chi connectivity index (χ1v) is 15.1. The number of benzene rings is 1. The number of aryl methyl sites for hydroxylation is 2. The topological polar surface area (TPSA) is 0 Å². The molecule has 0 aliphatic carbocycles. The van der Waals surface area contributed by atoms with Crippen molar-refractivity contribution < 1.29 is 0 Å². The average molecular weight is 517 g/mol. The summed E-state index contributed by atoms with van der Waals surface area (Å²) in [7, 11) is 0. The molecule has 0 nitrogen and oxygen atoms in total. The lowest BCUT2D eigenvalue weighted by Gasteiger charge is -2.28. The number of allylic oxidation sites excluding steroid dienone is 3. The third-order valence-electron chi connectivity index (χ3n) is 5.19. The zero-order valence-electron chi connectivity index (χ0n) is 25.0. The van der Waals surface area contributed by atoms with Crippen molar-refractivity contribution in [2.75, 3.05) is 5.75 Å². The van der Waals surface area contributed by atoms with Crippen LogP contribution in [-0.4, -0.2) is 15.7 Å². The Morgan fingerprint density at radius 1 is 1.03 bits per heavy atom. The Kier molecular flexibility index (Phi) is 25.1. The third kappa shape index (κ3) is 16.8. The highest BCUT2D eigenvalue weighted by molar-refractivity contribution is 8.03. The molecule has 1 heterocycles. The molecule has 1 aliphatic heterocycles. The maximum absolute atomic E-state index is 4.14. The number of hydrogen-bond acceptors (Lipinski definition) is 2. The molecule has 2 heteroatoms. The summed E-state index contributed by atoms with van der Waals surface area (Å²) in [5, 5.41) is 0.516. The Hall–Kier alpha value is -1.38. The monoisotopic (exact) mass is 516 g/mol. The van der Waals surface area contributed by atoms with E-state index in [1.165, 1.54) is 47.1 Å². The molecule has 0 N–H and O–H groups in total. The maximum Gasteiger partial charge on any atom is 0.0411 e. The van der Waals surface area contributed by atoms with E-state index in [1.807, 2.05) is 47.6 Å². The van der Waals surface area contributed by atoms with Gasteiger partial charge in [0.1, 0.15) is 0 Å². The van der Waals surface area contributed by atoms with Crippen LogP contribution in [0.5, 0.6) is 0 Å². The zero-order valence-corrected chi connectivity index (χ0v) is 26.6. The van der Waals surface area contributed by atoms with Gasteiger partial charge in [-0.15, -0.1) is 23.5 Å². The minimum absolute atomic E-state index is 0.333. The minimum atomic E-state index is 0.333. The molecule has 0 amide bonds. The first-order chi connectivity index (χ1) is 16.5. The van der Waals surface area contributed by atoms with Gasteiger partial charge in [-0.1, -0.05) is 127 Å². The van der Waals surface area contributed by atoms with E-state index in [2.05, 4.69) is 103 Å². The van der Waals surface area contributed by atoms with E-state index in [-0.39, 0.29) is 0 Å². The molecule has 0 aromatic heterocycles. The SMILES string of the molecule is C=C(C)SC(C)C(=C)C.C=C/C=C1\C(=C)CSC1(CC)CCC.CC.CC.Cc1ccc(C)cc1. The quantitative estimate of drug-likeness (QED) is 0.330. The van der Waals surface area contributed by atoms with E-state index in [0.29, 0.717) is 10.00 Å². The van der Waals surface area contributed by atoms with E-state index in [9.17, 15) is 0 Å². The third-order valence-corrected chi connectivity index (χ3v) is 8.11.